The van der Waals surface area contributed by atoms with Gasteiger partial charge in [-0.3, -0.25) is 4.68 Å². The summed E-state index contributed by atoms with van der Waals surface area (Å²) in [7, 11) is 0. The Morgan fingerprint density at radius 1 is 1.28 bits per heavy atom. The second-order valence-electron chi connectivity index (χ2n) is 4.82. The monoisotopic (exact) mass is 308 g/mol. The Morgan fingerprint density at radius 2 is 1.89 bits per heavy atom. The van der Waals surface area contributed by atoms with Gasteiger partial charge in [0.1, 0.15) is 5.60 Å². The minimum atomic E-state index is -1.07. The van der Waals surface area contributed by atoms with Crippen LogP contribution < -0.4 is 0 Å². The zero-order valence-electron chi connectivity index (χ0n) is 10.8. The molecule has 1 atom stereocenters. The van der Waals surface area contributed by atoms with Crippen molar-refractivity contribution in [3.63, 3.8) is 0 Å². The van der Waals surface area contributed by atoms with Crippen molar-refractivity contribution < 1.29 is 5.11 Å². The zero-order valence-corrected chi connectivity index (χ0v) is 12.3. The van der Waals surface area contributed by atoms with Gasteiger partial charge in [0.05, 0.1) is 16.4 Å². The highest BCUT2D eigenvalue weighted by Gasteiger charge is 2.32. The molecule has 96 valence electrons. The molecular weight excluding hydrogens is 292 g/mol. The van der Waals surface area contributed by atoms with E-state index in [9.17, 15) is 5.11 Å². The highest BCUT2D eigenvalue weighted by molar-refractivity contribution is 9.10. The molecule has 2 rings (SSSR count). The van der Waals surface area contributed by atoms with Crippen LogP contribution in [0.1, 0.15) is 38.1 Å². The second-order valence-corrected chi connectivity index (χ2v) is 5.67. The standard InChI is InChI=1S/C14H17BrN2O/c1-10(2)17-13(12(15)9-16-17)14(3,18)11-7-5-4-6-8-11/h4-10,18H,1-3H3. The summed E-state index contributed by atoms with van der Waals surface area (Å²) < 4.78 is 2.67. The van der Waals surface area contributed by atoms with Crippen molar-refractivity contribution in [2.24, 2.45) is 0 Å². The van der Waals surface area contributed by atoms with Gasteiger partial charge >= 0.3 is 0 Å². The van der Waals surface area contributed by atoms with Gasteiger partial charge in [-0.25, -0.2) is 0 Å². The van der Waals surface area contributed by atoms with Gasteiger partial charge in [0, 0.05) is 6.04 Å². The smallest absolute Gasteiger partial charge is 0.129 e. The minimum Gasteiger partial charge on any atom is -0.379 e. The van der Waals surface area contributed by atoms with Gasteiger partial charge in [-0.2, -0.15) is 5.10 Å². The molecule has 0 amide bonds. The summed E-state index contributed by atoms with van der Waals surface area (Å²) in [5, 5.41) is 15.2. The molecule has 0 aliphatic rings. The molecule has 3 nitrogen and oxygen atoms in total. The highest BCUT2D eigenvalue weighted by Crippen LogP contribution is 2.35. The maximum absolute atomic E-state index is 10.9. The van der Waals surface area contributed by atoms with E-state index in [1.165, 1.54) is 0 Å². The number of hydrogen-bond donors (Lipinski definition) is 1. The molecule has 1 aromatic heterocycles. The fourth-order valence-electron chi connectivity index (χ4n) is 2.09. The maximum Gasteiger partial charge on any atom is 0.129 e. The van der Waals surface area contributed by atoms with Gasteiger partial charge in [-0.15, -0.1) is 0 Å². The predicted molar refractivity (Wildman–Crippen MR) is 75.4 cm³/mol. The van der Waals surface area contributed by atoms with Crippen LogP contribution in [0.25, 0.3) is 0 Å². The first-order valence-electron chi connectivity index (χ1n) is 5.96. The second kappa shape index (κ2) is 4.86. The van der Waals surface area contributed by atoms with E-state index >= 15 is 0 Å². The molecule has 1 heterocycles. The van der Waals surface area contributed by atoms with Crippen LogP contribution in [0.4, 0.5) is 0 Å². The van der Waals surface area contributed by atoms with Crippen molar-refractivity contribution in [1.82, 2.24) is 9.78 Å². The number of halogens is 1. The summed E-state index contributed by atoms with van der Waals surface area (Å²) in [6, 6.07) is 9.82. The first-order valence-corrected chi connectivity index (χ1v) is 6.75. The Balaban J connectivity index is 2.57. The van der Waals surface area contributed by atoms with Crippen LogP contribution in [-0.4, -0.2) is 14.9 Å². The highest BCUT2D eigenvalue weighted by atomic mass is 79.9. The third kappa shape index (κ3) is 2.22. The number of nitrogens with zero attached hydrogens (tertiary/aromatic N) is 2. The lowest BCUT2D eigenvalue weighted by Gasteiger charge is -2.27. The van der Waals surface area contributed by atoms with E-state index in [2.05, 4.69) is 21.0 Å². The molecule has 0 saturated carbocycles. The Morgan fingerprint density at radius 3 is 2.44 bits per heavy atom. The van der Waals surface area contributed by atoms with Crippen molar-refractivity contribution in [2.75, 3.05) is 0 Å². The molecule has 1 aromatic carbocycles. The molecule has 0 aliphatic carbocycles. The molecule has 4 heteroatoms. The number of aliphatic hydroxyl groups is 1. The molecule has 18 heavy (non-hydrogen) atoms. The third-order valence-corrected chi connectivity index (χ3v) is 3.62. The number of hydrogen-bond acceptors (Lipinski definition) is 2. The Kier molecular flexibility index (Phi) is 3.59. The van der Waals surface area contributed by atoms with Crippen LogP contribution in [0.15, 0.2) is 41.0 Å². The summed E-state index contributed by atoms with van der Waals surface area (Å²) in [6.07, 6.45) is 1.73. The fourth-order valence-corrected chi connectivity index (χ4v) is 2.75. The van der Waals surface area contributed by atoms with E-state index in [1.807, 2.05) is 48.9 Å². The van der Waals surface area contributed by atoms with Crippen LogP contribution in [0.2, 0.25) is 0 Å². The molecular formula is C14H17BrN2O. The minimum absolute atomic E-state index is 0.196. The largest absolute Gasteiger partial charge is 0.379 e. The lowest BCUT2D eigenvalue weighted by molar-refractivity contribution is 0.0892. The molecule has 0 radical (unpaired) electrons. The SMILES string of the molecule is CC(C)n1ncc(Br)c1C(C)(O)c1ccccc1. The molecule has 0 fully saturated rings. The van der Waals surface area contributed by atoms with E-state index in [0.29, 0.717) is 0 Å². The third-order valence-electron chi connectivity index (χ3n) is 3.04. The molecule has 1 unspecified atom stereocenters. The molecule has 0 spiro atoms. The average Bonchev–Trinajstić information content (AvgIpc) is 2.73. The van der Waals surface area contributed by atoms with E-state index in [0.717, 1.165) is 15.7 Å². The van der Waals surface area contributed by atoms with Crippen molar-refractivity contribution >= 4 is 15.9 Å². The first kappa shape index (κ1) is 13.3. The van der Waals surface area contributed by atoms with Gasteiger partial charge in [0.25, 0.3) is 0 Å². The van der Waals surface area contributed by atoms with E-state index in [1.54, 1.807) is 13.1 Å². The van der Waals surface area contributed by atoms with E-state index in [-0.39, 0.29) is 6.04 Å². The summed E-state index contributed by atoms with van der Waals surface area (Å²) in [5.74, 6) is 0. The van der Waals surface area contributed by atoms with Gasteiger partial charge in [-0.05, 0) is 42.3 Å². The quantitative estimate of drug-likeness (QED) is 0.942. The lowest BCUT2D eigenvalue weighted by atomic mass is 9.92. The molecule has 0 saturated heterocycles. The average molecular weight is 309 g/mol. The zero-order chi connectivity index (χ0) is 13.3. The van der Waals surface area contributed by atoms with Crippen molar-refractivity contribution in [3.05, 3.63) is 52.3 Å². The van der Waals surface area contributed by atoms with Gasteiger partial charge < -0.3 is 5.11 Å². The summed E-state index contributed by atoms with van der Waals surface area (Å²) in [6.45, 7) is 5.89. The van der Waals surface area contributed by atoms with E-state index < -0.39 is 5.60 Å². The summed E-state index contributed by atoms with van der Waals surface area (Å²) in [4.78, 5) is 0. The predicted octanol–water partition coefficient (Wildman–Crippen LogP) is 3.48. The maximum atomic E-state index is 10.9. The fraction of sp³-hybridized carbons (Fsp3) is 0.357. The molecule has 0 aliphatic heterocycles. The first-order chi connectivity index (χ1) is 8.44. The number of rotatable bonds is 3. The van der Waals surface area contributed by atoms with Gasteiger partial charge in [0.15, 0.2) is 0 Å². The van der Waals surface area contributed by atoms with Crippen LogP contribution in [-0.2, 0) is 5.60 Å². The summed E-state index contributed by atoms with van der Waals surface area (Å²) in [5.41, 5.74) is 0.567. The molecule has 0 bridgehead atoms. The van der Waals surface area contributed by atoms with Crippen LogP contribution in [0.3, 0.4) is 0 Å². The number of aromatic nitrogens is 2. The van der Waals surface area contributed by atoms with Crippen molar-refractivity contribution in [3.8, 4) is 0 Å². The van der Waals surface area contributed by atoms with E-state index in [4.69, 9.17) is 0 Å². The summed E-state index contributed by atoms with van der Waals surface area (Å²) >= 11 is 3.48. The van der Waals surface area contributed by atoms with Gasteiger partial charge in [-0.1, -0.05) is 30.3 Å². The van der Waals surface area contributed by atoms with Crippen LogP contribution in [0.5, 0.6) is 0 Å². The van der Waals surface area contributed by atoms with Crippen molar-refractivity contribution in [1.29, 1.82) is 0 Å². The lowest BCUT2D eigenvalue weighted by Crippen LogP contribution is -2.28. The molecule has 1 N–H and O–H groups in total. The Bertz CT molecular complexity index is 532. The van der Waals surface area contributed by atoms with Crippen molar-refractivity contribution in [2.45, 2.75) is 32.4 Å². The van der Waals surface area contributed by atoms with Crippen LogP contribution in [0, 0.1) is 0 Å². The van der Waals surface area contributed by atoms with Gasteiger partial charge in [0.2, 0.25) is 0 Å². The van der Waals surface area contributed by atoms with Crippen LogP contribution >= 0.6 is 15.9 Å². The Hall–Kier alpha value is -1.13. The Labute approximate surface area is 116 Å². The molecule has 2 aromatic rings. The number of benzene rings is 1. The normalized spacial score (nSPS) is 14.8. The topological polar surface area (TPSA) is 38.0 Å².